The van der Waals surface area contributed by atoms with Crippen molar-refractivity contribution in [2.45, 2.75) is 109 Å². The predicted molar refractivity (Wildman–Crippen MR) is 225 cm³/mol. The second-order valence-corrected chi connectivity index (χ2v) is 16.9. The molecule has 318 valence electrons. The quantitative estimate of drug-likeness (QED) is 0.0814. The fraction of sp³-hybridized carbons (Fsp3) is 0.455. The molecule has 4 aromatic rings. The number of amides is 5. The van der Waals surface area contributed by atoms with E-state index in [9.17, 15) is 24.0 Å². The second-order valence-electron chi connectivity index (χ2n) is 16.9. The number of carboxylic acid groups (broad SMARTS) is 1. The SMILES string of the molecule is Cc1cc(C(=O)N[C@H]2CC[C@H](NC(=O)OC(C)(C)C)CC2)ccc1-c1ccc(C[C@H](NC(=O)C2CCC(CNC(=O)O)CC2)C(=O)Nc2ccc(-c3nn[nH]n3)cc2)cc1. The van der Waals surface area contributed by atoms with Crippen molar-refractivity contribution in [2.24, 2.45) is 11.8 Å². The zero-order valence-electron chi connectivity index (χ0n) is 34.5. The number of alkyl carbamates (subject to hydrolysis) is 1. The first-order valence-corrected chi connectivity index (χ1v) is 20.6. The highest BCUT2D eigenvalue weighted by Gasteiger charge is 2.30. The molecule has 0 spiro atoms. The average Bonchev–Trinajstić information content (AvgIpc) is 3.76. The number of rotatable bonds is 13. The molecule has 16 heteroatoms. The highest BCUT2D eigenvalue weighted by atomic mass is 16.6. The van der Waals surface area contributed by atoms with Gasteiger partial charge in [0.25, 0.3) is 5.91 Å². The lowest BCUT2D eigenvalue weighted by atomic mass is 9.81. The summed E-state index contributed by atoms with van der Waals surface area (Å²) in [6.07, 6.45) is 4.43. The molecule has 60 heavy (non-hydrogen) atoms. The molecule has 1 atom stereocenters. The van der Waals surface area contributed by atoms with Gasteiger partial charge in [0.1, 0.15) is 11.6 Å². The second kappa shape index (κ2) is 19.6. The van der Waals surface area contributed by atoms with E-state index in [1.807, 2.05) is 70.2 Å². The number of hydrogen-bond donors (Lipinski definition) is 7. The molecule has 0 unspecified atom stereocenters. The van der Waals surface area contributed by atoms with Crippen LogP contribution in [0.2, 0.25) is 0 Å². The summed E-state index contributed by atoms with van der Waals surface area (Å²) in [6.45, 7) is 7.82. The van der Waals surface area contributed by atoms with E-state index >= 15 is 0 Å². The Hall–Kier alpha value is -6.32. The van der Waals surface area contributed by atoms with Gasteiger partial charge in [0.05, 0.1) is 0 Å². The molecule has 2 aliphatic rings. The van der Waals surface area contributed by atoms with Gasteiger partial charge in [-0.2, -0.15) is 5.21 Å². The Morgan fingerprint density at radius 3 is 2.08 bits per heavy atom. The molecule has 5 amide bonds. The number of aryl methyl sites for hydroxylation is 1. The van der Waals surface area contributed by atoms with Gasteiger partial charge in [-0.3, -0.25) is 14.4 Å². The molecule has 0 radical (unpaired) electrons. The third-order valence-electron chi connectivity index (χ3n) is 11.1. The van der Waals surface area contributed by atoms with Crippen LogP contribution in [-0.4, -0.2) is 85.9 Å². The number of carbonyl (C=O) groups excluding carboxylic acids is 4. The molecule has 2 fully saturated rings. The first-order chi connectivity index (χ1) is 28.7. The topological polar surface area (TPSA) is 229 Å². The largest absolute Gasteiger partial charge is 0.465 e. The number of aromatic nitrogens is 4. The third kappa shape index (κ3) is 12.3. The first-order valence-electron chi connectivity index (χ1n) is 20.6. The van der Waals surface area contributed by atoms with Crippen molar-refractivity contribution in [3.8, 4) is 22.5 Å². The number of hydrogen-bond acceptors (Lipinski definition) is 9. The number of H-pyrrole nitrogens is 1. The number of nitrogens with zero attached hydrogens (tertiary/aromatic N) is 3. The first kappa shape index (κ1) is 43.3. The molecule has 6 rings (SSSR count). The normalized spacial score (nSPS) is 19.6. The predicted octanol–water partition coefficient (Wildman–Crippen LogP) is 6.15. The van der Waals surface area contributed by atoms with E-state index in [0.29, 0.717) is 49.3 Å². The van der Waals surface area contributed by atoms with Crippen LogP contribution in [0.15, 0.2) is 66.7 Å². The summed E-state index contributed by atoms with van der Waals surface area (Å²) >= 11 is 0. The monoisotopic (exact) mass is 821 g/mol. The highest BCUT2D eigenvalue weighted by molar-refractivity contribution is 5.98. The van der Waals surface area contributed by atoms with Gasteiger partial charge >= 0.3 is 12.2 Å². The van der Waals surface area contributed by atoms with Gasteiger partial charge in [-0.25, -0.2) is 9.59 Å². The summed E-state index contributed by atoms with van der Waals surface area (Å²) in [5.74, 6) is -0.397. The number of anilines is 1. The van der Waals surface area contributed by atoms with Crippen molar-refractivity contribution >= 4 is 35.6 Å². The minimum Gasteiger partial charge on any atom is -0.465 e. The molecule has 2 saturated carbocycles. The lowest BCUT2D eigenvalue weighted by molar-refractivity contribution is -0.130. The molecule has 3 aromatic carbocycles. The number of benzene rings is 3. The van der Waals surface area contributed by atoms with E-state index in [0.717, 1.165) is 53.5 Å². The fourth-order valence-electron chi connectivity index (χ4n) is 7.89. The third-order valence-corrected chi connectivity index (χ3v) is 11.1. The molecule has 0 saturated heterocycles. The Labute approximate surface area is 349 Å². The summed E-state index contributed by atoms with van der Waals surface area (Å²) in [7, 11) is 0. The number of tetrazole rings is 1. The summed E-state index contributed by atoms with van der Waals surface area (Å²) in [5, 5.41) is 37.5. The summed E-state index contributed by atoms with van der Waals surface area (Å²) in [6, 6.07) is 19.6. The van der Waals surface area contributed by atoms with E-state index in [1.54, 1.807) is 24.3 Å². The molecule has 16 nitrogen and oxygen atoms in total. The van der Waals surface area contributed by atoms with Crippen LogP contribution in [-0.2, 0) is 20.7 Å². The van der Waals surface area contributed by atoms with E-state index < -0.39 is 23.8 Å². The van der Waals surface area contributed by atoms with Crippen LogP contribution in [0.25, 0.3) is 22.5 Å². The molecule has 0 bridgehead atoms. The van der Waals surface area contributed by atoms with Gasteiger partial charge in [-0.05, 0) is 149 Å². The maximum atomic E-state index is 13.8. The lowest BCUT2D eigenvalue weighted by Crippen LogP contribution is -2.48. The Kier molecular flexibility index (Phi) is 14.1. The molecule has 7 N–H and O–H groups in total. The minimum atomic E-state index is -1.06. The van der Waals surface area contributed by atoms with E-state index in [2.05, 4.69) is 47.2 Å². The van der Waals surface area contributed by atoms with Gasteiger partial charge in [-0.1, -0.05) is 30.3 Å². The van der Waals surface area contributed by atoms with Crippen molar-refractivity contribution in [1.82, 2.24) is 41.9 Å². The maximum Gasteiger partial charge on any atom is 0.407 e. The van der Waals surface area contributed by atoms with Gasteiger partial charge < -0.3 is 36.4 Å². The number of carbonyl (C=O) groups is 5. The summed E-state index contributed by atoms with van der Waals surface area (Å²) in [5.41, 5.74) is 4.97. The Balaban J connectivity index is 1.07. The zero-order chi connectivity index (χ0) is 42.8. The standard InChI is InChI=1S/C44H55N9O7/c1-26-23-32(40(55)46-34-18-20-35(21-19-34)48-43(59)60-44(2,3)4)15-22-36(26)29-9-5-27(6-10-29)24-37(49-39(54)31-11-7-28(8-12-31)25-45-42(57)58)41(56)47-33-16-13-30(14-17-33)38-50-52-53-51-38/h5-6,9-10,13-17,22-23,28,31,34-35,37,45H,7-8,11-12,18-21,24-25H2,1-4H3,(H,46,55)(H,47,56)(H,48,59)(H,49,54)(H,57,58)(H,50,51,52,53)/t28?,31?,34-,35-,37-/m0/s1. The Morgan fingerprint density at radius 1 is 0.833 bits per heavy atom. The molecule has 1 aromatic heterocycles. The van der Waals surface area contributed by atoms with Crippen LogP contribution in [0.1, 0.15) is 93.6 Å². The summed E-state index contributed by atoms with van der Waals surface area (Å²) in [4.78, 5) is 63.8. The van der Waals surface area contributed by atoms with Gasteiger partial charge in [0.2, 0.25) is 17.6 Å². The Bertz CT molecular complexity index is 2100. The smallest absolute Gasteiger partial charge is 0.407 e. The van der Waals surface area contributed by atoms with Crippen molar-refractivity contribution in [3.63, 3.8) is 0 Å². The number of nitrogens with one attached hydrogen (secondary N) is 6. The van der Waals surface area contributed by atoms with Gasteiger partial charge in [0, 0.05) is 47.8 Å². The van der Waals surface area contributed by atoms with Crippen LogP contribution in [0, 0.1) is 18.8 Å². The number of ether oxygens (including phenoxy) is 1. The fourth-order valence-corrected chi connectivity index (χ4v) is 7.89. The van der Waals surface area contributed by atoms with Crippen LogP contribution >= 0.6 is 0 Å². The van der Waals surface area contributed by atoms with Crippen LogP contribution in [0.5, 0.6) is 0 Å². The van der Waals surface area contributed by atoms with Gasteiger partial charge in [-0.15, -0.1) is 10.2 Å². The van der Waals surface area contributed by atoms with E-state index in [-0.39, 0.29) is 48.1 Å². The minimum absolute atomic E-state index is 0.0169. The van der Waals surface area contributed by atoms with E-state index in [1.165, 1.54) is 0 Å². The van der Waals surface area contributed by atoms with Crippen molar-refractivity contribution in [2.75, 3.05) is 11.9 Å². The van der Waals surface area contributed by atoms with Crippen LogP contribution in [0.4, 0.5) is 15.3 Å². The van der Waals surface area contributed by atoms with Crippen LogP contribution in [0.3, 0.4) is 0 Å². The van der Waals surface area contributed by atoms with Gasteiger partial charge in [0.15, 0.2) is 0 Å². The molecule has 1 heterocycles. The highest BCUT2D eigenvalue weighted by Crippen LogP contribution is 2.30. The zero-order valence-corrected chi connectivity index (χ0v) is 34.5. The van der Waals surface area contributed by atoms with Crippen molar-refractivity contribution in [3.05, 3.63) is 83.4 Å². The van der Waals surface area contributed by atoms with E-state index in [4.69, 9.17) is 9.84 Å². The molecular formula is C44H55N9O7. The number of aromatic amines is 1. The molecule has 0 aliphatic heterocycles. The lowest BCUT2D eigenvalue weighted by Gasteiger charge is -2.30. The summed E-state index contributed by atoms with van der Waals surface area (Å²) < 4.78 is 5.38. The average molecular weight is 822 g/mol. The molecular weight excluding hydrogens is 767 g/mol. The Morgan fingerprint density at radius 2 is 1.48 bits per heavy atom. The van der Waals surface area contributed by atoms with Crippen molar-refractivity contribution < 1.29 is 33.8 Å². The van der Waals surface area contributed by atoms with Crippen LogP contribution < -0.4 is 26.6 Å². The van der Waals surface area contributed by atoms with Crippen molar-refractivity contribution in [1.29, 1.82) is 0 Å². The maximum absolute atomic E-state index is 13.8. The molecule has 2 aliphatic carbocycles.